The maximum atomic E-state index is 12.9. The van der Waals surface area contributed by atoms with E-state index in [-0.39, 0.29) is 30.7 Å². The molecule has 0 aromatic heterocycles. The largest absolute Gasteiger partial charge is 0.416 e. The second-order valence-electron chi connectivity index (χ2n) is 7.66. The van der Waals surface area contributed by atoms with Crippen molar-refractivity contribution in [2.24, 2.45) is 0 Å². The van der Waals surface area contributed by atoms with E-state index in [1.54, 1.807) is 11.8 Å². The number of piperazine rings is 1. The van der Waals surface area contributed by atoms with Crippen molar-refractivity contribution in [1.82, 2.24) is 9.80 Å². The van der Waals surface area contributed by atoms with Crippen LogP contribution in [0.25, 0.3) is 0 Å². The van der Waals surface area contributed by atoms with Crippen molar-refractivity contribution >= 4 is 11.8 Å². The first-order valence-corrected chi connectivity index (χ1v) is 10.2. The van der Waals surface area contributed by atoms with Crippen LogP contribution in [0.15, 0.2) is 24.3 Å². The quantitative estimate of drug-likeness (QED) is 0.724. The third kappa shape index (κ3) is 5.72. The van der Waals surface area contributed by atoms with E-state index in [9.17, 15) is 22.8 Å². The van der Waals surface area contributed by atoms with Gasteiger partial charge in [0.05, 0.1) is 18.3 Å². The number of alkyl halides is 3. The van der Waals surface area contributed by atoms with Crippen molar-refractivity contribution in [3.05, 3.63) is 35.4 Å². The van der Waals surface area contributed by atoms with Gasteiger partial charge in [0.15, 0.2) is 0 Å². The number of rotatable bonds is 5. The molecule has 3 rings (SSSR count). The van der Waals surface area contributed by atoms with Gasteiger partial charge in [-0.05, 0) is 44.4 Å². The van der Waals surface area contributed by atoms with Crippen LogP contribution in [0.1, 0.15) is 42.1 Å². The Hall–Kier alpha value is -2.13. The van der Waals surface area contributed by atoms with Crippen molar-refractivity contribution in [3.8, 4) is 0 Å². The molecule has 0 radical (unpaired) electrons. The fraction of sp³-hybridized carbons (Fsp3) is 0.619. The standard InChI is InChI=1S/C21H27F3N2O4/c1-15(30-14-18-7-2-3-12-29-18)19(27)25-8-10-26(11-9-25)20(28)16-5-4-6-17(13-16)21(22,23)24/h4-6,13,15,18H,2-3,7-12,14H2,1H3. The van der Waals surface area contributed by atoms with Crippen LogP contribution < -0.4 is 0 Å². The molecule has 9 heteroatoms. The van der Waals surface area contributed by atoms with Crippen LogP contribution in [0.3, 0.4) is 0 Å². The number of benzene rings is 1. The normalized spacial score (nSPS) is 21.4. The number of nitrogens with zero attached hydrogens (tertiary/aromatic N) is 2. The van der Waals surface area contributed by atoms with Crippen LogP contribution >= 0.6 is 0 Å². The minimum Gasteiger partial charge on any atom is -0.376 e. The Morgan fingerprint density at radius 1 is 1.17 bits per heavy atom. The second kappa shape index (κ2) is 9.78. The summed E-state index contributed by atoms with van der Waals surface area (Å²) in [7, 11) is 0. The average Bonchev–Trinajstić information content (AvgIpc) is 2.77. The predicted molar refractivity (Wildman–Crippen MR) is 103 cm³/mol. The van der Waals surface area contributed by atoms with Gasteiger partial charge in [0.25, 0.3) is 11.8 Å². The van der Waals surface area contributed by atoms with Crippen LogP contribution in [0, 0.1) is 0 Å². The summed E-state index contributed by atoms with van der Waals surface area (Å²) in [6.45, 7) is 3.96. The molecule has 2 atom stereocenters. The molecule has 0 N–H and O–H groups in total. The Morgan fingerprint density at radius 3 is 2.50 bits per heavy atom. The molecule has 2 aliphatic rings. The number of amides is 2. The van der Waals surface area contributed by atoms with Crippen LogP contribution in [-0.2, 0) is 20.4 Å². The van der Waals surface area contributed by atoms with Gasteiger partial charge in [-0.1, -0.05) is 6.07 Å². The molecule has 30 heavy (non-hydrogen) atoms. The van der Waals surface area contributed by atoms with Crippen LogP contribution in [0.2, 0.25) is 0 Å². The first-order valence-electron chi connectivity index (χ1n) is 10.2. The summed E-state index contributed by atoms with van der Waals surface area (Å²) in [5.74, 6) is -0.621. The number of hydrogen-bond donors (Lipinski definition) is 0. The predicted octanol–water partition coefficient (Wildman–Crippen LogP) is 2.96. The summed E-state index contributed by atoms with van der Waals surface area (Å²) in [5.41, 5.74) is -0.858. The summed E-state index contributed by atoms with van der Waals surface area (Å²) in [5, 5.41) is 0. The molecular formula is C21H27F3N2O4. The Morgan fingerprint density at radius 2 is 1.87 bits per heavy atom. The number of ether oxygens (including phenoxy) is 2. The Bertz CT molecular complexity index is 742. The number of hydrogen-bond acceptors (Lipinski definition) is 4. The molecule has 0 bridgehead atoms. The van der Waals surface area contributed by atoms with E-state index in [4.69, 9.17) is 9.47 Å². The third-order valence-electron chi connectivity index (χ3n) is 5.47. The SMILES string of the molecule is CC(OCC1CCCCO1)C(=O)N1CCN(C(=O)c2cccc(C(F)(F)F)c2)CC1. The second-order valence-corrected chi connectivity index (χ2v) is 7.66. The monoisotopic (exact) mass is 428 g/mol. The molecule has 2 unspecified atom stereocenters. The highest BCUT2D eigenvalue weighted by molar-refractivity contribution is 5.94. The maximum Gasteiger partial charge on any atom is 0.416 e. The number of halogens is 3. The van der Waals surface area contributed by atoms with E-state index in [0.717, 1.165) is 38.0 Å². The molecular weight excluding hydrogens is 401 g/mol. The molecule has 2 amide bonds. The van der Waals surface area contributed by atoms with E-state index in [1.807, 2.05) is 0 Å². The molecule has 0 aliphatic carbocycles. The van der Waals surface area contributed by atoms with Crippen LogP contribution in [-0.4, -0.2) is 73.2 Å². The fourth-order valence-electron chi connectivity index (χ4n) is 3.66. The summed E-state index contributed by atoms with van der Waals surface area (Å²) in [4.78, 5) is 28.3. The van der Waals surface area contributed by atoms with E-state index >= 15 is 0 Å². The van der Waals surface area contributed by atoms with Crippen molar-refractivity contribution < 1.29 is 32.2 Å². The maximum absolute atomic E-state index is 12.9. The van der Waals surface area contributed by atoms with E-state index in [0.29, 0.717) is 19.7 Å². The summed E-state index contributed by atoms with van der Waals surface area (Å²) < 4.78 is 49.9. The lowest BCUT2D eigenvalue weighted by Crippen LogP contribution is -2.53. The Balaban J connectivity index is 1.49. The molecule has 0 saturated carbocycles. The molecule has 6 nitrogen and oxygen atoms in total. The van der Waals surface area contributed by atoms with Gasteiger partial charge in [0.2, 0.25) is 0 Å². The minimum absolute atomic E-state index is 0.00575. The fourth-order valence-corrected chi connectivity index (χ4v) is 3.66. The van der Waals surface area contributed by atoms with E-state index < -0.39 is 23.8 Å². The summed E-state index contributed by atoms with van der Waals surface area (Å²) in [6, 6.07) is 4.40. The molecule has 2 saturated heterocycles. The molecule has 1 aromatic rings. The average molecular weight is 428 g/mol. The lowest BCUT2D eigenvalue weighted by molar-refractivity contribution is -0.147. The van der Waals surface area contributed by atoms with Crippen molar-refractivity contribution in [3.63, 3.8) is 0 Å². The summed E-state index contributed by atoms with van der Waals surface area (Å²) in [6.07, 6.45) is -2.01. The zero-order valence-electron chi connectivity index (χ0n) is 17.0. The molecule has 2 aliphatic heterocycles. The highest BCUT2D eigenvalue weighted by Gasteiger charge is 2.32. The van der Waals surface area contributed by atoms with Crippen LogP contribution in [0.4, 0.5) is 13.2 Å². The summed E-state index contributed by atoms with van der Waals surface area (Å²) >= 11 is 0. The van der Waals surface area contributed by atoms with Gasteiger partial charge in [-0.15, -0.1) is 0 Å². The topological polar surface area (TPSA) is 59.1 Å². The number of carbonyl (C=O) groups excluding carboxylic acids is 2. The highest BCUT2D eigenvalue weighted by Crippen LogP contribution is 2.29. The zero-order valence-corrected chi connectivity index (χ0v) is 17.0. The molecule has 166 valence electrons. The molecule has 1 aromatic carbocycles. The van der Waals surface area contributed by atoms with Gasteiger partial charge < -0.3 is 19.3 Å². The van der Waals surface area contributed by atoms with Gasteiger partial charge in [-0.2, -0.15) is 13.2 Å². The van der Waals surface area contributed by atoms with Gasteiger partial charge in [0.1, 0.15) is 6.10 Å². The third-order valence-corrected chi connectivity index (χ3v) is 5.47. The minimum atomic E-state index is -4.50. The Kier molecular flexibility index (Phi) is 7.36. The number of carbonyl (C=O) groups is 2. The van der Waals surface area contributed by atoms with E-state index in [2.05, 4.69) is 0 Å². The highest BCUT2D eigenvalue weighted by atomic mass is 19.4. The van der Waals surface area contributed by atoms with Crippen molar-refractivity contribution in [2.75, 3.05) is 39.4 Å². The molecule has 2 fully saturated rings. The zero-order chi connectivity index (χ0) is 21.7. The van der Waals surface area contributed by atoms with Gasteiger partial charge >= 0.3 is 6.18 Å². The van der Waals surface area contributed by atoms with Crippen molar-refractivity contribution in [2.45, 2.75) is 44.6 Å². The first kappa shape index (κ1) is 22.6. The molecule has 2 heterocycles. The molecule has 0 spiro atoms. The lowest BCUT2D eigenvalue weighted by Gasteiger charge is -2.36. The van der Waals surface area contributed by atoms with Crippen LogP contribution in [0.5, 0.6) is 0 Å². The van der Waals surface area contributed by atoms with E-state index in [1.165, 1.54) is 17.0 Å². The van der Waals surface area contributed by atoms with Gasteiger partial charge in [-0.3, -0.25) is 9.59 Å². The Labute approximate surface area is 173 Å². The van der Waals surface area contributed by atoms with Gasteiger partial charge in [-0.25, -0.2) is 0 Å². The smallest absolute Gasteiger partial charge is 0.376 e. The van der Waals surface area contributed by atoms with Gasteiger partial charge in [0, 0.05) is 38.3 Å². The first-order chi connectivity index (χ1) is 14.3. The van der Waals surface area contributed by atoms with Crippen molar-refractivity contribution in [1.29, 1.82) is 0 Å². The lowest BCUT2D eigenvalue weighted by atomic mass is 10.1.